The average Bonchev–Trinajstić information content (AvgIpc) is 3.14. The zero-order chi connectivity index (χ0) is 16.4. The summed E-state index contributed by atoms with van der Waals surface area (Å²) in [5.74, 6) is 0.845. The van der Waals surface area contributed by atoms with Gasteiger partial charge in [-0.1, -0.05) is 43.4 Å². The first-order valence-electron chi connectivity index (χ1n) is 7.41. The Hall–Kier alpha value is -2.28. The molecule has 0 atom stereocenters. The van der Waals surface area contributed by atoms with E-state index in [0.717, 1.165) is 5.01 Å². The van der Waals surface area contributed by atoms with E-state index < -0.39 is 0 Å². The van der Waals surface area contributed by atoms with Gasteiger partial charge in [0.15, 0.2) is 5.82 Å². The van der Waals surface area contributed by atoms with E-state index in [1.807, 2.05) is 18.3 Å². The maximum atomic E-state index is 14.0. The van der Waals surface area contributed by atoms with Gasteiger partial charge < -0.3 is 5.32 Å². The van der Waals surface area contributed by atoms with Gasteiger partial charge in [-0.25, -0.2) is 4.39 Å². The van der Waals surface area contributed by atoms with Crippen molar-refractivity contribution in [2.24, 2.45) is 0 Å². The van der Waals surface area contributed by atoms with E-state index in [0.29, 0.717) is 34.5 Å². The Morgan fingerprint density at radius 1 is 1.26 bits per heavy atom. The lowest BCUT2D eigenvalue weighted by atomic mass is 10.1. The Balaban J connectivity index is 1.71. The number of anilines is 2. The van der Waals surface area contributed by atoms with Crippen molar-refractivity contribution < 1.29 is 4.39 Å². The second-order valence-electron chi connectivity index (χ2n) is 5.67. The number of rotatable bonds is 5. The standard InChI is InChI=1S/C16H18FN5S/c1-10(2)15-19-20-16(23-15)18-13-7-8-22(21-13)9-12-6-4-5-11(3)14(12)17/h4-8,10H,9H2,1-3H3,(H,18,20,21). The molecule has 2 aromatic heterocycles. The lowest BCUT2D eigenvalue weighted by Gasteiger charge is -2.05. The van der Waals surface area contributed by atoms with Gasteiger partial charge in [-0.15, -0.1) is 10.2 Å². The second kappa shape index (κ2) is 6.45. The number of nitrogens with zero attached hydrogens (tertiary/aromatic N) is 4. The fourth-order valence-electron chi connectivity index (χ4n) is 2.15. The molecule has 0 fully saturated rings. The van der Waals surface area contributed by atoms with Gasteiger partial charge in [-0.3, -0.25) is 4.68 Å². The molecular formula is C16H18FN5S. The third kappa shape index (κ3) is 3.56. The summed E-state index contributed by atoms with van der Waals surface area (Å²) < 4.78 is 15.7. The lowest BCUT2D eigenvalue weighted by Crippen LogP contribution is -2.04. The SMILES string of the molecule is Cc1cccc(Cn2ccc(Nc3nnc(C(C)C)s3)n2)c1F. The molecule has 0 radical (unpaired) electrons. The van der Waals surface area contributed by atoms with E-state index in [-0.39, 0.29) is 5.82 Å². The van der Waals surface area contributed by atoms with E-state index in [9.17, 15) is 4.39 Å². The van der Waals surface area contributed by atoms with Crippen LogP contribution >= 0.6 is 11.3 Å². The quantitative estimate of drug-likeness (QED) is 0.765. The molecule has 5 nitrogen and oxygen atoms in total. The molecule has 0 amide bonds. The molecule has 0 unspecified atom stereocenters. The van der Waals surface area contributed by atoms with Crippen LogP contribution in [0.3, 0.4) is 0 Å². The Kier molecular flexibility index (Phi) is 4.38. The third-order valence-corrected chi connectivity index (χ3v) is 4.55. The number of hydrogen-bond acceptors (Lipinski definition) is 5. The van der Waals surface area contributed by atoms with Crippen LogP contribution in [0.15, 0.2) is 30.5 Å². The van der Waals surface area contributed by atoms with Crippen molar-refractivity contribution in [1.82, 2.24) is 20.0 Å². The molecule has 0 bridgehead atoms. The fourth-order valence-corrected chi connectivity index (χ4v) is 2.90. The number of benzene rings is 1. The van der Waals surface area contributed by atoms with Crippen molar-refractivity contribution >= 4 is 22.3 Å². The first-order valence-corrected chi connectivity index (χ1v) is 8.22. The molecule has 0 aliphatic heterocycles. The number of halogens is 1. The highest BCUT2D eigenvalue weighted by atomic mass is 32.1. The maximum Gasteiger partial charge on any atom is 0.211 e. The highest BCUT2D eigenvalue weighted by Gasteiger charge is 2.10. The van der Waals surface area contributed by atoms with Gasteiger partial charge in [0.05, 0.1) is 6.54 Å². The van der Waals surface area contributed by atoms with Crippen LogP contribution in [0.4, 0.5) is 15.3 Å². The summed E-state index contributed by atoms with van der Waals surface area (Å²) in [5, 5.41) is 17.5. The minimum Gasteiger partial charge on any atom is -0.313 e. The Morgan fingerprint density at radius 3 is 2.83 bits per heavy atom. The molecule has 3 rings (SSSR count). The van der Waals surface area contributed by atoms with Crippen LogP contribution in [0.1, 0.15) is 35.9 Å². The zero-order valence-corrected chi connectivity index (χ0v) is 14.1. The molecule has 0 saturated heterocycles. The number of nitrogens with one attached hydrogen (secondary N) is 1. The van der Waals surface area contributed by atoms with Gasteiger partial charge in [0.1, 0.15) is 10.8 Å². The summed E-state index contributed by atoms with van der Waals surface area (Å²) in [5.41, 5.74) is 1.26. The van der Waals surface area contributed by atoms with E-state index in [1.165, 1.54) is 11.3 Å². The van der Waals surface area contributed by atoms with Crippen LogP contribution in [0.25, 0.3) is 0 Å². The normalized spacial score (nSPS) is 11.2. The van der Waals surface area contributed by atoms with E-state index in [2.05, 4.69) is 34.5 Å². The van der Waals surface area contributed by atoms with Crippen molar-refractivity contribution in [2.75, 3.05) is 5.32 Å². The van der Waals surface area contributed by atoms with Crippen molar-refractivity contribution in [3.05, 3.63) is 52.4 Å². The molecule has 2 heterocycles. The highest BCUT2D eigenvalue weighted by Crippen LogP contribution is 2.24. The molecule has 1 N–H and O–H groups in total. The Morgan fingerprint density at radius 2 is 2.09 bits per heavy atom. The van der Waals surface area contributed by atoms with Crippen LogP contribution in [-0.4, -0.2) is 20.0 Å². The summed E-state index contributed by atoms with van der Waals surface area (Å²) in [6, 6.07) is 7.22. The predicted molar refractivity (Wildman–Crippen MR) is 89.7 cm³/mol. The summed E-state index contributed by atoms with van der Waals surface area (Å²) in [4.78, 5) is 0. The summed E-state index contributed by atoms with van der Waals surface area (Å²) >= 11 is 1.51. The molecule has 0 spiro atoms. The summed E-state index contributed by atoms with van der Waals surface area (Å²) in [7, 11) is 0. The van der Waals surface area contributed by atoms with Crippen molar-refractivity contribution in [3.8, 4) is 0 Å². The highest BCUT2D eigenvalue weighted by molar-refractivity contribution is 7.15. The van der Waals surface area contributed by atoms with Crippen molar-refractivity contribution in [1.29, 1.82) is 0 Å². The van der Waals surface area contributed by atoms with Gasteiger partial charge in [0, 0.05) is 23.7 Å². The molecule has 0 saturated carbocycles. The van der Waals surface area contributed by atoms with Gasteiger partial charge in [0.2, 0.25) is 5.13 Å². The van der Waals surface area contributed by atoms with Crippen LogP contribution in [-0.2, 0) is 6.54 Å². The average molecular weight is 331 g/mol. The van der Waals surface area contributed by atoms with E-state index in [1.54, 1.807) is 23.7 Å². The summed E-state index contributed by atoms with van der Waals surface area (Å²) in [6.45, 7) is 6.31. The van der Waals surface area contributed by atoms with Gasteiger partial charge in [0.25, 0.3) is 0 Å². The Labute approximate surface area is 138 Å². The smallest absolute Gasteiger partial charge is 0.211 e. The Bertz CT molecular complexity index is 808. The molecule has 120 valence electrons. The fraction of sp³-hybridized carbons (Fsp3) is 0.312. The molecule has 0 aliphatic rings. The van der Waals surface area contributed by atoms with E-state index in [4.69, 9.17) is 0 Å². The number of aryl methyl sites for hydroxylation is 1. The topological polar surface area (TPSA) is 55.6 Å². The van der Waals surface area contributed by atoms with Crippen LogP contribution in [0.2, 0.25) is 0 Å². The zero-order valence-electron chi connectivity index (χ0n) is 13.2. The van der Waals surface area contributed by atoms with Gasteiger partial charge >= 0.3 is 0 Å². The second-order valence-corrected chi connectivity index (χ2v) is 6.68. The largest absolute Gasteiger partial charge is 0.313 e. The maximum absolute atomic E-state index is 14.0. The first kappa shape index (κ1) is 15.6. The summed E-state index contributed by atoms with van der Waals surface area (Å²) in [6.07, 6.45) is 1.81. The third-order valence-electron chi connectivity index (χ3n) is 3.41. The van der Waals surface area contributed by atoms with E-state index >= 15 is 0 Å². The van der Waals surface area contributed by atoms with Crippen LogP contribution < -0.4 is 5.32 Å². The molecular weight excluding hydrogens is 313 g/mol. The molecule has 3 aromatic rings. The number of aromatic nitrogens is 4. The minimum absolute atomic E-state index is 0.178. The minimum atomic E-state index is -0.178. The predicted octanol–water partition coefficient (Wildman–Crippen LogP) is 4.10. The van der Waals surface area contributed by atoms with Crippen LogP contribution in [0, 0.1) is 12.7 Å². The van der Waals surface area contributed by atoms with Crippen molar-refractivity contribution in [3.63, 3.8) is 0 Å². The van der Waals surface area contributed by atoms with Crippen molar-refractivity contribution in [2.45, 2.75) is 33.2 Å². The monoisotopic (exact) mass is 331 g/mol. The first-order chi connectivity index (χ1) is 11.0. The van der Waals surface area contributed by atoms with Gasteiger partial charge in [-0.05, 0) is 12.5 Å². The number of hydrogen-bond donors (Lipinski definition) is 1. The molecule has 23 heavy (non-hydrogen) atoms. The molecule has 1 aromatic carbocycles. The van der Waals surface area contributed by atoms with Gasteiger partial charge in [-0.2, -0.15) is 5.10 Å². The molecule has 7 heteroatoms. The van der Waals surface area contributed by atoms with Crippen LogP contribution in [0.5, 0.6) is 0 Å². The lowest BCUT2D eigenvalue weighted by molar-refractivity contribution is 0.578. The molecule has 0 aliphatic carbocycles.